The molecule has 0 aliphatic rings. The Labute approximate surface area is 87.2 Å². The van der Waals surface area contributed by atoms with Crippen LogP contribution in [-0.4, -0.2) is 14.8 Å². The summed E-state index contributed by atoms with van der Waals surface area (Å²) in [6, 6.07) is 5.38. The Balaban J connectivity index is 2.66. The largest absolute Gasteiger partial charge is 0.276 e. The molecule has 0 atom stereocenters. The fraction of sp³-hybridized carbons (Fsp3) is 0.182. The third kappa shape index (κ3) is 1.66. The molecule has 4 nitrogen and oxygen atoms in total. The number of aromatic nitrogens is 3. The maximum Gasteiger partial charge on any atom is 0.276 e. The van der Waals surface area contributed by atoms with Gasteiger partial charge in [-0.05, 0) is 31.5 Å². The zero-order valence-electron chi connectivity index (χ0n) is 8.64. The summed E-state index contributed by atoms with van der Waals surface area (Å²) in [5.74, 6) is 0.547. The minimum atomic E-state index is -0.117. The molecule has 0 spiro atoms. The van der Waals surface area contributed by atoms with Gasteiger partial charge in [-0.3, -0.25) is 4.79 Å². The van der Waals surface area contributed by atoms with Crippen molar-refractivity contribution in [1.29, 1.82) is 0 Å². The molecule has 2 aromatic rings. The molecule has 0 radical (unpaired) electrons. The van der Waals surface area contributed by atoms with Crippen LogP contribution in [0.1, 0.15) is 11.1 Å². The van der Waals surface area contributed by atoms with Crippen LogP contribution < -0.4 is 5.56 Å². The van der Waals surface area contributed by atoms with Crippen LogP contribution in [0.15, 0.2) is 35.4 Å². The first-order valence-corrected chi connectivity index (χ1v) is 4.67. The van der Waals surface area contributed by atoms with Crippen molar-refractivity contribution in [3.63, 3.8) is 0 Å². The standard InChI is InChI=1S/C11H11N3O/c1-8-7-13-14(11(15)9(8)2)10-5-3-4-6-12-10/h3-7H,1-2H3. The van der Waals surface area contributed by atoms with Gasteiger partial charge in [-0.1, -0.05) is 6.07 Å². The first kappa shape index (κ1) is 9.58. The maximum atomic E-state index is 11.9. The number of aryl methyl sites for hydroxylation is 1. The van der Waals surface area contributed by atoms with Crippen LogP contribution in [-0.2, 0) is 0 Å². The molecule has 2 heterocycles. The van der Waals surface area contributed by atoms with E-state index in [0.717, 1.165) is 5.56 Å². The quantitative estimate of drug-likeness (QED) is 0.697. The summed E-state index contributed by atoms with van der Waals surface area (Å²) in [7, 11) is 0. The lowest BCUT2D eigenvalue weighted by molar-refractivity contribution is 0.766. The fourth-order valence-corrected chi connectivity index (χ4v) is 1.26. The lowest BCUT2D eigenvalue weighted by Crippen LogP contribution is -2.24. The van der Waals surface area contributed by atoms with Gasteiger partial charge in [-0.25, -0.2) is 4.98 Å². The molecule has 0 saturated carbocycles. The summed E-state index contributed by atoms with van der Waals surface area (Å²) >= 11 is 0. The van der Waals surface area contributed by atoms with E-state index in [-0.39, 0.29) is 5.56 Å². The highest BCUT2D eigenvalue weighted by molar-refractivity contribution is 5.24. The summed E-state index contributed by atoms with van der Waals surface area (Å²) in [5.41, 5.74) is 1.48. The number of hydrogen-bond acceptors (Lipinski definition) is 3. The van der Waals surface area contributed by atoms with Crippen LogP contribution >= 0.6 is 0 Å². The second kappa shape index (κ2) is 3.65. The molecule has 0 aliphatic carbocycles. The van der Waals surface area contributed by atoms with Gasteiger partial charge in [0.1, 0.15) is 0 Å². The van der Waals surface area contributed by atoms with Crippen molar-refractivity contribution in [3.05, 3.63) is 52.1 Å². The summed E-state index contributed by atoms with van der Waals surface area (Å²) in [6.45, 7) is 3.66. The molecule has 76 valence electrons. The minimum Gasteiger partial charge on any atom is -0.267 e. The smallest absolute Gasteiger partial charge is 0.267 e. The van der Waals surface area contributed by atoms with E-state index < -0.39 is 0 Å². The van der Waals surface area contributed by atoms with Gasteiger partial charge in [-0.2, -0.15) is 9.78 Å². The average molecular weight is 201 g/mol. The van der Waals surface area contributed by atoms with E-state index in [1.807, 2.05) is 13.0 Å². The van der Waals surface area contributed by atoms with E-state index in [2.05, 4.69) is 10.1 Å². The topological polar surface area (TPSA) is 47.8 Å². The lowest BCUT2D eigenvalue weighted by Gasteiger charge is -2.05. The number of hydrogen-bond donors (Lipinski definition) is 0. The molecule has 0 saturated heterocycles. The number of rotatable bonds is 1. The van der Waals surface area contributed by atoms with E-state index >= 15 is 0 Å². The summed E-state index contributed by atoms with van der Waals surface area (Å²) in [6.07, 6.45) is 3.31. The zero-order valence-corrected chi connectivity index (χ0v) is 8.64. The maximum absolute atomic E-state index is 11.9. The molecule has 4 heteroatoms. The van der Waals surface area contributed by atoms with E-state index in [1.165, 1.54) is 4.68 Å². The second-order valence-electron chi connectivity index (χ2n) is 3.36. The second-order valence-corrected chi connectivity index (χ2v) is 3.36. The van der Waals surface area contributed by atoms with Gasteiger partial charge in [0.05, 0.1) is 6.20 Å². The SMILES string of the molecule is Cc1cnn(-c2ccccn2)c(=O)c1C. The molecule has 0 amide bonds. The first-order valence-electron chi connectivity index (χ1n) is 4.67. The van der Waals surface area contributed by atoms with Crippen LogP contribution in [0.3, 0.4) is 0 Å². The predicted molar refractivity (Wildman–Crippen MR) is 57.1 cm³/mol. The highest BCUT2D eigenvalue weighted by Crippen LogP contribution is 2.01. The Hall–Kier alpha value is -1.97. The van der Waals surface area contributed by atoms with Crippen molar-refractivity contribution >= 4 is 0 Å². The van der Waals surface area contributed by atoms with E-state index in [0.29, 0.717) is 11.4 Å². The Bertz CT molecular complexity index is 531. The summed E-state index contributed by atoms with van der Waals surface area (Å²) in [4.78, 5) is 15.9. The van der Waals surface area contributed by atoms with Gasteiger partial charge in [0.2, 0.25) is 0 Å². The van der Waals surface area contributed by atoms with Gasteiger partial charge >= 0.3 is 0 Å². The highest BCUT2D eigenvalue weighted by Gasteiger charge is 2.05. The van der Waals surface area contributed by atoms with Gasteiger partial charge in [0.25, 0.3) is 5.56 Å². The molecule has 2 rings (SSSR count). The van der Waals surface area contributed by atoms with Crippen LogP contribution in [0.4, 0.5) is 0 Å². The first-order chi connectivity index (χ1) is 7.20. The summed E-state index contributed by atoms with van der Waals surface area (Å²) in [5, 5.41) is 4.05. The molecule has 15 heavy (non-hydrogen) atoms. The molecule has 0 fully saturated rings. The average Bonchev–Trinajstić information content (AvgIpc) is 2.27. The monoisotopic (exact) mass is 201 g/mol. The molecule has 0 aliphatic heterocycles. The molecule has 0 aromatic carbocycles. The van der Waals surface area contributed by atoms with E-state index in [4.69, 9.17) is 0 Å². The third-order valence-corrected chi connectivity index (χ3v) is 2.34. The van der Waals surface area contributed by atoms with Crippen molar-refractivity contribution in [2.45, 2.75) is 13.8 Å². The summed E-state index contributed by atoms with van der Waals surface area (Å²) < 4.78 is 1.31. The van der Waals surface area contributed by atoms with Crippen LogP contribution in [0.2, 0.25) is 0 Å². The van der Waals surface area contributed by atoms with Crippen molar-refractivity contribution in [2.24, 2.45) is 0 Å². The van der Waals surface area contributed by atoms with Gasteiger partial charge in [0, 0.05) is 11.8 Å². The predicted octanol–water partition coefficient (Wildman–Crippen LogP) is 1.24. The van der Waals surface area contributed by atoms with E-state index in [1.54, 1.807) is 31.5 Å². The van der Waals surface area contributed by atoms with E-state index in [9.17, 15) is 4.79 Å². The minimum absolute atomic E-state index is 0.117. The van der Waals surface area contributed by atoms with Crippen molar-refractivity contribution in [3.8, 4) is 5.82 Å². The fourth-order valence-electron chi connectivity index (χ4n) is 1.26. The Kier molecular flexibility index (Phi) is 2.33. The molecular formula is C11H11N3O. The van der Waals surface area contributed by atoms with Gasteiger partial charge in [0.15, 0.2) is 5.82 Å². The zero-order chi connectivity index (χ0) is 10.8. The highest BCUT2D eigenvalue weighted by atomic mass is 16.1. The Morgan fingerprint density at radius 3 is 2.73 bits per heavy atom. The van der Waals surface area contributed by atoms with Gasteiger partial charge in [-0.15, -0.1) is 0 Å². The lowest BCUT2D eigenvalue weighted by atomic mass is 10.2. The Morgan fingerprint density at radius 1 is 1.27 bits per heavy atom. The molecule has 0 N–H and O–H groups in total. The van der Waals surface area contributed by atoms with Crippen LogP contribution in [0.25, 0.3) is 5.82 Å². The van der Waals surface area contributed by atoms with Crippen molar-refractivity contribution in [2.75, 3.05) is 0 Å². The van der Waals surface area contributed by atoms with Crippen LogP contribution in [0.5, 0.6) is 0 Å². The number of nitrogens with zero attached hydrogens (tertiary/aromatic N) is 3. The number of pyridine rings is 1. The van der Waals surface area contributed by atoms with Gasteiger partial charge < -0.3 is 0 Å². The molecule has 0 bridgehead atoms. The molecule has 0 unspecified atom stereocenters. The van der Waals surface area contributed by atoms with Crippen LogP contribution in [0, 0.1) is 13.8 Å². The third-order valence-electron chi connectivity index (χ3n) is 2.34. The van der Waals surface area contributed by atoms with Crippen molar-refractivity contribution in [1.82, 2.24) is 14.8 Å². The normalized spacial score (nSPS) is 10.3. The molecule has 2 aromatic heterocycles. The Morgan fingerprint density at radius 2 is 2.07 bits per heavy atom. The molecular weight excluding hydrogens is 190 g/mol. The van der Waals surface area contributed by atoms with Crippen molar-refractivity contribution < 1.29 is 0 Å².